The first-order valence-electron chi connectivity index (χ1n) is 6.48. The molecule has 0 atom stereocenters. The highest BCUT2D eigenvalue weighted by Crippen LogP contribution is 2.32. The Morgan fingerprint density at radius 1 is 1.23 bits per heavy atom. The van der Waals surface area contributed by atoms with Crippen LogP contribution in [-0.2, 0) is 6.18 Å². The average molecular weight is 324 g/mol. The van der Waals surface area contributed by atoms with Crippen molar-refractivity contribution in [2.45, 2.75) is 31.4 Å². The van der Waals surface area contributed by atoms with Crippen LogP contribution in [0, 0.1) is 0 Å². The smallest absolute Gasteiger partial charge is 0.365 e. The summed E-state index contributed by atoms with van der Waals surface area (Å²) in [5.74, 6) is -4.16. The Hall–Kier alpha value is -2.00. The van der Waals surface area contributed by atoms with Gasteiger partial charge in [-0.05, 0) is 12.5 Å². The van der Waals surface area contributed by atoms with E-state index in [9.17, 15) is 26.7 Å². The highest BCUT2D eigenvalue weighted by molar-refractivity contribution is 5.97. The Bertz CT molecular complexity index is 575. The number of rotatable bonds is 2. The Kier molecular flexibility index (Phi) is 4.21. The van der Waals surface area contributed by atoms with E-state index in [1.165, 1.54) is 4.90 Å². The van der Waals surface area contributed by atoms with Gasteiger partial charge >= 0.3 is 6.18 Å². The molecule has 1 fully saturated rings. The summed E-state index contributed by atoms with van der Waals surface area (Å²) in [6, 6.07) is 0.494. The Morgan fingerprint density at radius 3 is 2.50 bits per heavy atom. The van der Waals surface area contributed by atoms with Crippen molar-refractivity contribution in [2.24, 2.45) is 5.73 Å². The molecule has 1 aliphatic heterocycles. The Morgan fingerprint density at radius 2 is 1.91 bits per heavy atom. The summed E-state index contributed by atoms with van der Waals surface area (Å²) < 4.78 is 64.5. The van der Waals surface area contributed by atoms with Gasteiger partial charge in [-0.15, -0.1) is 10.2 Å². The van der Waals surface area contributed by atoms with Crippen molar-refractivity contribution in [1.29, 1.82) is 0 Å². The molecule has 1 aromatic heterocycles. The second-order valence-electron chi connectivity index (χ2n) is 5.03. The zero-order valence-corrected chi connectivity index (χ0v) is 11.3. The molecule has 1 amide bonds. The largest absolute Gasteiger partial charge is 0.435 e. The van der Waals surface area contributed by atoms with Gasteiger partial charge in [0.2, 0.25) is 5.92 Å². The van der Waals surface area contributed by atoms with E-state index in [-0.39, 0.29) is 31.7 Å². The van der Waals surface area contributed by atoms with Gasteiger partial charge in [-0.25, -0.2) is 8.78 Å². The predicted octanol–water partition coefficient (Wildman–Crippen LogP) is 2.22. The topological polar surface area (TPSA) is 72.1 Å². The minimum absolute atomic E-state index is 0.119. The zero-order chi connectivity index (χ0) is 16.5. The van der Waals surface area contributed by atoms with E-state index >= 15 is 0 Å². The first-order chi connectivity index (χ1) is 10.1. The van der Waals surface area contributed by atoms with Gasteiger partial charge in [0.05, 0.1) is 5.56 Å². The van der Waals surface area contributed by atoms with E-state index in [1.54, 1.807) is 0 Å². The van der Waals surface area contributed by atoms with Crippen molar-refractivity contribution in [2.75, 3.05) is 18.0 Å². The first kappa shape index (κ1) is 16.4. The third-order valence-electron chi connectivity index (χ3n) is 3.35. The normalized spacial score (nSPS) is 18.9. The summed E-state index contributed by atoms with van der Waals surface area (Å²) in [5, 5.41) is 6.41. The fraction of sp³-hybridized carbons (Fsp3) is 0.583. The molecule has 2 heterocycles. The van der Waals surface area contributed by atoms with Gasteiger partial charge in [0.15, 0.2) is 11.5 Å². The second kappa shape index (κ2) is 5.65. The van der Waals surface area contributed by atoms with Crippen LogP contribution in [0.1, 0.15) is 35.3 Å². The lowest BCUT2D eigenvalue weighted by Gasteiger charge is -2.23. The maximum Gasteiger partial charge on any atom is 0.435 e. The number of aromatic nitrogens is 2. The molecule has 2 rings (SSSR count). The van der Waals surface area contributed by atoms with Crippen molar-refractivity contribution in [3.8, 4) is 0 Å². The summed E-state index contributed by atoms with van der Waals surface area (Å²) in [7, 11) is 0. The van der Waals surface area contributed by atoms with Crippen molar-refractivity contribution in [3.05, 3.63) is 17.3 Å². The number of nitrogens with two attached hydrogens (primary N) is 1. The fourth-order valence-corrected chi connectivity index (χ4v) is 2.21. The number of hydrogen-bond donors (Lipinski definition) is 1. The average Bonchev–Trinajstić information content (AvgIpc) is 2.58. The van der Waals surface area contributed by atoms with Crippen LogP contribution in [-0.4, -0.2) is 35.1 Å². The van der Waals surface area contributed by atoms with E-state index in [4.69, 9.17) is 5.73 Å². The van der Waals surface area contributed by atoms with Crippen LogP contribution in [0.2, 0.25) is 0 Å². The number of halogens is 5. The molecule has 0 bridgehead atoms. The van der Waals surface area contributed by atoms with Gasteiger partial charge in [-0.1, -0.05) is 0 Å². The monoisotopic (exact) mass is 324 g/mol. The molecule has 22 heavy (non-hydrogen) atoms. The third-order valence-corrected chi connectivity index (χ3v) is 3.35. The summed E-state index contributed by atoms with van der Waals surface area (Å²) in [5.41, 5.74) is 3.24. The van der Waals surface area contributed by atoms with E-state index in [1.807, 2.05) is 0 Å². The van der Waals surface area contributed by atoms with Crippen LogP contribution < -0.4 is 10.6 Å². The number of carbonyl (C=O) groups is 1. The minimum Gasteiger partial charge on any atom is -0.365 e. The lowest BCUT2D eigenvalue weighted by atomic mass is 10.1. The van der Waals surface area contributed by atoms with E-state index in [2.05, 4.69) is 10.2 Å². The standard InChI is InChI=1S/C12H13F5N4O/c13-11(14)2-1-4-21(5-3-11)10-7(9(18)22)6-8(19-20-10)12(15,16)17/h6H,1-5H2,(H2,18,22). The highest BCUT2D eigenvalue weighted by atomic mass is 19.4. The van der Waals surface area contributed by atoms with Gasteiger partial charge in [-0.3, -0.25) is 4.79 Å². The molecule has 0 unspecified atom stereocenters. The Labute approximate surface area is 122 Å². The van der Waals surface area contributed by atoms with Crippen molar-refractivity contribution in [3.63, 3.8) is 0 Å². The molecule has 0 spiro atoms. The molecule has 1 aliphatic rings. The highest BCUT2D eigenvalue weighted by Gasteiger charge is 2.36. The molecule has 0 aromatic carbocycles. The SMILES string of the molecule is NC(=O)c1cc(C(F)(F)F)nnc1N1CCCC(F)(F)CC1. The van der Waals surface area contributed by atoms with E-state index in [0.29, 0.717) is 6.07 Å². The van der Waals surface area contributed by atoms with Crippen LogP contribution in [0.25, 0.3) is 0 Å². The Balaban J connectivity index is 2.36. The van der Waals surface area contributed by atoms with E-state index < -0.39 is 35.7 Å². The number of nitrogens with zero attached hydrogens (tertiary/aromatic N) is 3. The van der Waals surface area contributed by atoms with Gasteiger partial charge in [0.1, 0.15) is 0 Å². The maximum atomic E-state index is 13.3. The first-order valence-corrected chi connectivity index (χ1v) is 6.48. The summed E-state index contributed by atoms with van der Waals surface area (Å²) in [6.45, 7) is -0.0107. The molecular formula is C12H13F5N4O. The lowest BCUT2D eigenvalue weighted by molar-refractivity contribution is -0.141. The van der Waals surface area contributed by atoms with Gasteiger partial charge < -0.3 is 10.6 Å². The number of carbonyl (C=O) groups excluding carboxylic acids is 1. The van der Waals surface area contributed by atoms with Crippen molar-refractivity contribution < 1.29 is 26.7 Å². The molecule has 10 heteroatoms. The molecular weight excluding hydrogens is 311 g/mol. The predicted molar refractivity (Wildman–Crippen MR) is 66.6 cm³/mol. The van der Waals surface area contributed by atoms with Crippen LogP contribution in [0.5, 0.6) is 0 Å². The zero-order valence-electron chi connectivity index (χ0n) is 11.3. The summed E-state index contributed by atoms with van der Waals surface area (Å²) in [4.78, 5) is 12.7. The fourth-order valence-electron chi connectivity index (χ4n) is 2.21. The molecule has 5 nitrogen and oxygen atoms in total. The van der Waals surface area contributed by atoms with Crippen molar-refractivity contribution in [1.82, 2.24) is 10.2 Å². The van der Waals surface area contributed by atoms with Crippen LogP contribution in [0.3, 0.4) is 0 Å². The molecule has 0 aliphatic carbocycles. The number of alkyl halides is 5. The quantitative estimate of drug-likeness (QED) is 0.847. The van der Waals surface area contributed by atoms with Gasteiger partial charge in [0, 0.05) is 25.9 Å². The number of hydrogen-bond acceptors (Lipinski definition) is 4. The van der Waals surface area contributed by atoms with Crippen LogP contribution in [0.15, 0.2) is 6.07 Å². The molecule has 1 saturated heterocycles. The summed E-state index contributed by atoms with van der Waals surface area (Å²) >= 11 is 0. The van der Waals surface area contributed by atoms with E-state index in [0.717, 1.165) is 0 Å². The number of primary amides is 1. The van der Waals surface area contributed by atoms with Crippen LogP contribution in [0.4, 0.5) is 27.8 Å². The number of amides is 1. The van der Waals surface area contributed by atoms with Gasteiger partial charge in [-0.2, -0.15) is 13.2 Å². The van der Waals surface area contributed by atoms with Gasteiger partial charge in [0.25, 0.3) is 5.91 Å². The lowest BCUT2D eigenvalue weighted by Crippen LogP contribution is -2.30. The molecule has 0 saturated carbocycles. The molecule has 122 valence electrons. The third kappa shape index (κ3) is 3.60. The maximum absolute atomic E-state index is 13.3. The molecule has 2 N–H and O–H groups in total. The summed E-state index contributed by atoms with van der Waals surface area (Å²) in [6.07, 6.45) is -5.47. The number of anilines is 1. The molecule has 0 radical (unpaired) electrons. The van der Waals surface area contributed by atoms with Crippen molar-refractivity contribution >= 4 is 11.7 Å². The molecule has 1 aromatic rings. The minimum atomic E-state index is -4.78. The second-order valence-corrected chi connectivity index (χ2v) is 5.03. The van der Waals surface area contributed by atoms with Crippen LogP contribution >= 0.6 is 0 Å².